The molecule has 0 saturated heterocycles. The van der Waals surface area contributed by atoms with Gasteiger partial charge in [-0.2, -0.15) is 8.76 Å². The SMILES string of the molecule is C=CS1=NC(c2ccccn2)=NC(c2ccccn2)=N1. The summed E-state index contributed by atoms with van der Waals surface area (Å²) in [5.41, 5.74) is 1.44. The van der Waals surface area contributed by atoms with E-state index in [9.17, 15) is 0 Å². The molecule has 2 aromatic heterocycles. The molecule has 1 aliphatic heterocycles. The number of pyridine rings is 2. The van der Waals surface area contributed by atoms with Gasteiger partial charge >= 0.3 is 0 Å². The molecule has 6 heteroatoms. The van der Waals surface area contributed by atoms with Crippen molar-refractivity contribution in [2.24, 2.45) is 13.8 Å². The topological polar surface area (TPSA) is 62.9 Å². The number of hydrogen-bond donors (Lipinski definition) is 0. The van der Waals surface area contributed by atoms with Gasteiger partial charge in [-0.15, -0.1) is 0 Å². The van der Waals surface area contributed by atoms with Crippen LogP contribution in [0.5, 0.6) is 0 Å². The molecule has 20 heavy (non-hydrogen) atoms. The smallest absolute Gasteiger partial charge is 0.189 e. The van der Waals surface area contributed by atoms with E-state index in [2.05, 4.69) is 30.3 Å². The van der Waals surface area contributed by atoms with Crippen LogP contribution in [0.1, 0.15) is 11.4 Å². The Kier molecular flexibility index (Phi) is 3.56. The summed E-state index contributed by atoms with van der Waals surface area (Å²) in [4.78, 5) is 13.0. The van der Waals surface area contributed by atoms with E-state index in [1.807, 2.05) is 36.4 Å². The lowest BCUT2D eigenvalue weighted by Gasteiger charge is -2.09. The summed E-state index contributed by atoms with van der Waals surface area (Å²) in [5, 5.41) is 1.70. The molecule has 1 atom stereocenters. The molecular weight excluding hydrogens is 270 g/mol. The van der Waals surface area contributed by atoms with Gasteiger partial charge in [-0.3, -0.25) is 9.97 Å². The molecule has 0 amide bonds. The van der Waals surface area contributed by atoms with Crippen molar-refractivity contribution in [3.63, 3.8) is 0 Å². The van der Waals surface area contributed by atoms with Crippen LogP contribution in [0.2, 0.25) is 0 Å². The maximum atomic E-state index is 4.45. The van der Waals surface area contributed by atoms with Crippen LogP contribution in [0.15, 0.2) is 74.5 Å². The quantitative estimate of drug-likeness (QED) is 0.868. The molecule has 1 aliphatic rings. The van der Waals surface area contributed by atoms with Crippen molar-refractivity contribution in [1.29, 1.82) is 0 Å². The second-order valence-electron chi connectivity index (χ2n) is 3.83. The molecule has 0 radical (unpaired) electrons. The summed E-state index contributed by atoms with van der Waals surface area (Å²) < 4.78 is 8.86. The van der Waals surface area contributed by atoms with Gasteiger partial charge in [-0.1, -0.05) is 18.7 Å². The highest BCUT2D eigenvalue weighted by atomic mass is 32.2. The van der Waals surface area contributed by atoms with E-state index < -0.39 is 10.9 Å². The fourth-order valence-corrected chi connectivity index (χ4v) is 2.42. The number of rotatable bonds is 3. The summed E-state index contributed by atoms with van der Waals surface area (Å²) in [6.45, 7) is 3.76. The largest absolute Gasteiger partial charge is 0.253 e. The zero-order valence-electron chi connectivity index (χ0n) is 10.5. The first-order valence-electron chi connectivity index (χ1n) is 5.94. The minimum absolute atomic E-state index is 0.560. The average molecular weight is 281 g/mol. The Balaban J connectivity index is 2.08. The molecule has 5 nitrogen and oxygen atoms in total. The Labute approximate surface area is 119 Å². The maximum absolute atomic E-state index is 4.45. The van der Waals surface area contributed by atoms with E-state index in [1.54, 1.807) is 17.8 Å². The number of nitrogens with zero attached hydrogens (tertiary/aromatic N) is 5. The van der Waals surface area contributed by atoms with E-state index in [0.29, 0.717) is 11.7 Å². The fourth-order valence-electron chi connectivity index (χ4n) is 1.61. The van der Waals surface area contributed by atoms with Crippen LogP contribution in [-0.4, -0.2) is 21.6 Å². The number of aliphatic imine (C=N–C) groups is 1. The van der Waals surface area contributed by atoms with Gasteiger partial charge in [0, 0.05) is 23.3 Å². The highest BCUT2D eigenvalue weighted by Crippen LogP contribution is 2.12. The van der Waals surface area contributed by atoms with Crippen molar-refractivity contribution in [3.05, 3.63) is 72.2 Å². The van der Waals surface area contributed by atoms with Crippen molar-refractivity contribution in [2.75, 3.05) is 0 Å². The van der Waals surface area contributed by atoms with Crippen LogP contribution in [0, 0.1) is 0 Å². The Bertz CT molecular complexity index is 679. The van der Waals surface area contributed by atoms with Gasteiger partial charge in [-0.25, -0.2) is 4.99 Å². The molecule has 3 heterocycles. The molecule has 3 rings (SSSR count). The van der Waals surface area contributed by atoms with Gasteiger partial charge in [-0.05, 0) is 29.7 Å². The predicted molar refractivity (Wildman–Crippen MR) is 81.5 cm³/mol. The van der Waals surface area contributed by atoms with Crippen molar-refractivity contribution in [3.8, 4) is 0 Å². The van der Waals surface area contributed by atoms with Crippen LogP contribution in [0.4, 0.5) is 0 Å². The van der Waals surface area contributed by atoms with Gasteiger partial charge in [0.1, 0.15) is 11.4 Å². The Hall–Kier alpha value is -2.47. The second-order valence-corrected chi connectivity index (χ2v) is 5.11. The highest BCUT2D eigenvalue weighted by Gasteiger charge is 2.14. The third-order valence-electron chi connectivity index (χ3n) is 2.51. The van der Waals surface area contributed by atoms with Crippen molar-refractivity contribution >= 4 is 22.5 Å². The molecule has 0 spiro atoms. The lowest BCUT2D eigenvalue weighted by Crippen LogP contribution is -2.12. The molecule has 0 N–H and O–H groups in total. The molecule has 0 saturated carbocycles. The molecule has 2 aromatic rings. The number of amidine groups is 2. The van der Waals surface area contributed by atoms with Crippen LogP contribution >= 0.6 is 0 Å². The van der Waals surface area contributed by atoms with E-state index in [-0.39, 0.29) is 0 Å². The predicted octanol–water partition coefficient (Wildman–Crippen LogP) is 2.54. The van der Waals surface area contributed by atoms with Crippen LogP contribution in [-0.2, 0) is 10.9 Å². The first kappa shape index (κ1) is 12.6. The molecule has 0 aromatic carbocycles. The second kappa shape index (κ2) is 5.66. The van der Waals surface area contributed by atoms with Crippen molar-refractivity contribution in [2.45, 2.75) is 0 Å². The van der Waals surface area contributed by atoms with Crippen molar-refractivity contribution in [1.82, 2.24) is 9.97 Å². The summed E-state index contributed by atoms with van der Waals surface area (Å²) in [6.07, 6.45) is 3.43. The normalized spacial score (nSPS) is 17.7. The van der Waals surface area contributed by atoms with Crippen LogP contribution in [0.3, 0.4) is 0 Å². The summed E-state index contributed by atoms with van der Waals surface area (Å²) >= 11 is 0. The summed E-state index contributed by atoms with van der Waals surface area (Å²) in [5.74, 6) is 1.12. The molecular formula is C14H11N5S. The van der Waals surface area contributed by atoms with E-state index in [1.165, 1.54) is 0 Å². The molecule has 0 fully saturated rings. The van der Waals surface area contributed by atoms with Gasteiger partial charge < -0.3 is 0 Å². The summed E-state index contributed by atoms with van der Waals surface area (Å²) in [6, 6.07) is 11.3. The lowest BCUT2D eigenvalue weighted by atomic mass is 10.3. The van der Waals surface area contributed by atoms with Crippen molar-refractivity contribution < 1.29 is 0 Å². The third kappa shape index (κ3) is 2.60. The third-order valence-corrected chi connectivity index (χ3v) is 3.53. The van der Waals surface area contributed by atoms with Crippen LogP contribution in [0.25, 0.3) is 0 Å². The zero-order chi connectivity index (χ0) is 13.8. The molecule has 0 aliphatic carbocycles. The first-order chi connectivity index (χ1) is 9.86. The maximum Gasteiger partial charge on any atom is 0.189 e. The number of aromatic nitrogens is 2. The number of hydrogen-bond acceptors (Lipinski definition) is 5. The zero-order valence-corrected chi connectivity index (χ0v) is 11.4. The Morgan fingerprint density at radius 1 is 0.900 bits per heavy atom. The van der Waals surface area contributed by atoms with E-state index in [4.69, 9.17) is 0 Å². The standard InChI is InChI=1S/C14H11N5S/c1-2-20-18-13(11-7-3-5-9-15-11)17-14(19-20)12-8-4-6-10-16-12/h2-10H,1H2. The summed E-state index contributed by atoms with van der Waals surface area (Å²) in [7, 11) is -0.647. The van der Waals surface area contributed by atoms with Gasteiger partial charge in [0.15, 0.2) is 11.7 Å². The minimum atomic E-state index is -0.647. The molecule has 1 unspecified atom stereocenters. The molecule has 0 bridgehead atoms. The highest BCUT2D eigenvalue weighted by molar-refractivity contribution is 7.89. The van der Waals surface area contributed by atoms with Gasteiger partial charge in [0.2, 0.25) is 0 Å². The van der Waals surface area contributed by atoms with E-state index >= 15 is 0 Å². The monoisotopic (exact) mass is 281 g/mol. The first-order valence-corrected chi connectivity index (χ1v) is 7.15. The van der Waals surface area contributed by atoms with Gasteiger partial charge in [0.25, 0.3) is 0 Å². The minimum Gasteiger partial charge on any atom is -0.253 e. The Morgan fingerprint density at radius 2 is 1.55 bits per heavy atom. The Morgan fingerprint density at radius 3 is 2.10 bits per heavy atom. The average Bonchev–Trinajstić information content (AvgIpc) is 2.56. The van der Waals surface area contributed by atoms with E-state index in [0.717, 1.165) is 11.4 Å². The fraction of sp³-hybridized carbons (Fsp3) is 0. The lowest BCUT2D eigenvalue weighted by molar-refractivity contribution is 1.25. The molecule has 98 valence electrons. The van der Waals surface area contributed by atoms with Crippen LogP contribution < -0.4 is 0 Å². The van der Waals surface area contributed by atoms with Gasteiger partial charge in [0.05, 0.1) is 0 Å².